The minimum Gasteiger partial charge on any atom is -0.371 e. The van der Waals surface area contributed by atoms with Crippen LogP contribution in [-0.4, -0.2) is 40.4 Å². The molecule has 2 aliphatic heterocycles. The van der Waals surface area contributed by atoms with Crippen molar-refractivity contribution in [3.63, 3.8) is 0 Å². The van der Waals surface area contributed by atoms with Crippen LogP contribution in [0.3, 0.4) is 0 Å². The number of rotatable bonds is 9. The number of halogens is 1. The average molecular weight is 594 g/mol. The van der Waals surface area contributed by atoms with Gasteiger partial charge in [-0.25, -0.2) is 4.58 Å². The van der Waals surface area contributed by atoms with Crippen molar-refractivity contribution in [2.24, 2.45) is 34.5 Å². The number of unbranched alkanes of at least 4 members (excludes halogenated alkanes) is 2. The summed E-state index contributed by atoms with van der Waals surface area (Å²) in [7, 11) is 0. The van der Waals surface area contributed by atoms with Crippen LogP contribution >= 0.6 is 11.6 Å². The molecule has 0 amide bonds. The fourth-order valence-corrected chi connectivity index (χ4v) is 10.1. The molecule has 0 N–H and O–H groups in total. The van der Waals surface area contributed by atoms with E-state index in [2.05, 4.69) is 89.2 Å². The Morgan fingerprint density at radius 1 is 0.833 bits per heavy atom. The maximum atomic E-state index is 7.17. The van der Waals surface area contributed by atoms with Crippen LogP contribution in [0, 0.1) is 34.5 Å². The van der Waals surface area contributed by atoms with Gasteiger partial charge in [0.25, 0.3) is 0 Å². The quantitative estimate of drug-likeness (QED) is 0.241. The van der Waals surface area contributed by atoms with E-state index in [1.54, 1.807) is 11.4 Å². The van der Waals surface area contributed by atoms with Crippen LogP contribution < -0.4 is 0 Å². The van der Waals surface area contributed by atoms with Gasteiger partial charge in [0.05, 0.1) is 5.41 Å². The van der Waals surface area contributed by atoms with Gasteiger partial charge in [-0.05, 0) is 93.8 Å². The molecule has 1 saturated heterocycles. The Bertz CT molecular complexity index is 1150. The molecule has 6 atom stereocenters. The Morgan fingerprint density at radius 3 is 2.24 bits per heavy atom. The van der Waals surface area contributed by atoms with E-state index >= 15 is 0 Å². The summed E-state index contributed by atoms with van der Waals surface area (Å²) < 4.78 is 2.82. The predicted molar refractivity (Wildman–Crippen MR) is 182 cm³/mol. The maximum absolute atomic E-state index is 7.17. The SMILES string of the molecule is CCCCN1/C(=C/C=C2\CCC(/C=C/C3=[N+](CCCC)C4CC(C)CCC4C3(C)C)=C2Cl)C(C)(C)C2CCC(C)CC21. The van der Waals surface area contributed by atoms with E-state index in [1.807, 2.05) is 0 Å². The van der Waals surface area contributed by atoms with Crippen molar-refractivity contribution >= 4 is 17.3 Å². The molecule has 3 fully saturated rings. The number of hydrogen-bond donors (Lipinski definition) is 0. The fraction of sp³-hybridized carbons (Fsp3) is 0.769. The van der Waals surface area contributed by atoms with E-state index in [4.69, 9.17) is 11.6 Å². The van der Waals surface area contributed by atoms with Crippen molar-refractivity contribution in [3.8, 4) is 0 Å². The zero-order chi connectivity index (χ0) is 30.2. The smallest absolute Gasteiger partial charge is 0.182 e. The van der Waals surface area contributed by atoms with E-state index in [-0.39, 0.29) is 10.8 Å². The lowest BCUT2D eigenvalue weighted by atomic mass is 9.67. The van der Waals surface area contributed by atoms with Gasteiger partial charge in [0.2, 0.25) is 0 Å². The van der Waals surface area contributed by atoms with Crippen LogP contribution in [0.4, 0.5) is 0 Å². The van der Waals surface area contributed by atoms with Crippen LogP contribution in [0.2, 0.25) is 0 Å². The van der Waals surface area contributed by atoms with Gasteiger partial charge in [0, 0.05) is 53.6 Å². The summed E-state index contributed by atoms with van der Waals surface area (Å²) in [5.41, 5.74) is 6.25. The highest BCUT2D eigenvalue weighted by molar-refractivity contribution is 6.33. The first-order valence-corrected chi connectivity index (χ1v) is 18.3. The van der Waals surface area contributed by atoms with E-state index in [0.717, 1.165) is 41.5 Å². The van der Waals surface area contributed by atoms with Crippen LogP contribution in [-0.2, 0) is 0 Å². The minimum absolute atomic E-state index is 0.230. The van der Waals surface area contributed by atoms with Gasteiger partial charge in [-0.1, -0.05) is 84.6 Å². The molecule has 5 aliphatic rings. The molecule has 42 heavy (non-hydrogen) atoms. The lowest BCUT2D eigenvalue weighted by Gasteiger charge is -2.37. The molecule has 0 aromatic rings. The highest BCUT2D eigenvalue weighted by Crippen LogP contribution is 2.54. The number of hydrogen-bond acceptors (Lipinski definition) is 1. The Morgan fingerprint density at radius 2 is 1.52 bits per heavy atom. The molecule has 0 aromatic carbocycles. The number of fused-ring (bicyclic) bond motifs is 2. The third-order valence-electron chi connectivity index (χ3n) is 12.4. The molecule has 234 valence electrons. The van der Waals surface area contributed by atoms with Crippen LogP contribution in [0.15, 0.2) is 46.2 Å². The molecule has 3 aliphatic carbocycles. The fourth-order valence-electron chi connectivity index (χ4n) is 9.77. The molecule has 0 bridgehead atoms. The normalized spacial score (nSPS) is 36.2. The molecule has 2 nitrogen and oxygen atoms in total. The van der Waals surface area contributed by atoms with Crippen LogP contribution in [0.1, 0.15) is 132 Å². The first kappa shape index (κ1) is 32.1. The highest BCUT2D eigenvalue weighted by Gasteiger charge is 2.55. The first-order valence-electron chi connectivity index (χ1n) is 17.9. The number of nitrogens with zero attached hydrogens (tertiary/aromatic N) is 2. The standard InChI is InChI=1S/C39H62ClN2/c1-9-11-23-41-33-25-27(3)13-19-31(33)38(5,6)35(41)21-17-29-15-16-30(37(29)40)18-22-36-39(7,8)32-20-14-28(4)26-34(32)42(36)24-12-10-2/h17-18,21-22,27-28,31-34H,9-16,19-20,23-26H2,1-8H3/q+1. The van der Waals surface area contributed by atoms with Crippen molar-refractivity contribution in [2.45, 2.75) is 145 Å². The van der Waals surface area contributed by atoms with Gasteiger partial charge >= 0.3 is 0 Å². The maximum Gasteiger partial charge on any atom is 0.182 e. The summed E-state index contributed by atoms with van der Waals surface area (Å²) in [6.07, 6.45) is 25.2. The van der Waals surface area contributed by atoms with Crippen molar-refractivity contribution < 1.29 is 4.58 Å². The Balaban J connectivity index is 1.42. The number of allylic oxidation sites excluding steroid dienone is 8. The Hall–Kier alpha value is -1.28. The monoisotopic (exact) mass is 593 g/mol. The second-order valence-corrected chi connectivity index (χ2v) is 16.4. The second kappa shape index (κ2) is 13.0. The molecule has 2 saturated carbocycles. The van der Waals surface area contributed by atoms with Crippen molar-refractivity contribution in [3.05, 3.63) is 46.2 Å². The summed E-state index contributed by atoms with van der Waals surface area (Å²) >= 11 is 7.17. The summed E-state index contributed by atoms with van der Waals surface area (Å²) in [6.45, 7) is 22.0. The summed E-state index contributed by atoms with van der Waals surface area (Å²) in [4.78, 5) is 2.82. The third kappa shape index (κ3) is 6.01. The zero-order valence-corrected chi connectivity index (χ0v) is 29.2. The van der Waals surface area contributed by atoms with Gasteiger partial charge in [-0.15, -0.1) is 0 Å². The van der Waals surface area contributed by atoms with Crippen LogP contribution in [0.25, 0.3) is 0 Å². The molecule has 6 unspecified atom stereocenters. The van der Waals surface area contributed by atoms with Crippen molar-refractivity contribution in [1.82, 2.24) is 4.90 Å². The largest absolute Gasteiger partial charge is 0.371 e. The van der Waals surface area contributed by atoms with Gasteiger partial charge in [-0.3, -0.25) is 0 Å². The molecule has 3 heteroatoms. The van der Waals surface area contributed by atoms with E-state index in [1.165, 1.54) is 88.4 Å². The van der Waals surface area contributed by atoms with Crippen molar-refractivity contribution in [2.75, 3.05) is 13.1 Å². The van der Waals surface area contributed by atoms with E-state index < -0.39 is 0 Å². The molecule has 0 radical (unpaired) electrons. The summed E-state index contributed by atoms with van der Waals surface area (Å²) in [6, 6.07) is 1.42. The average Bonchev–Trinajstić information content (AvgIpc) is 3.47. The lowest BCUT2D eigenvalue weighted by Crippen LogP contribution is -2.37. The molecular formula is C39H62ClN2+. The number of likely N-dealkylation sites (tertiary alicyclic amines) is 1. The van der Waals surface area contributed by atoms with Crippen LogP contribution in [0.5, 0.6) is 0 Å². The van der Waals surface area contributed by atoms with E-state index in [0.29, 0.717) is 12.1 Å². The molecule has 0 spiro atoms. The van der Waals surface area contributed by atoms with E-state index in [9.17, 15) is 0 Å². The first-order chi connectivity index (χ1) is 20.0. The predicted octanol–water partition coefficient (Wildman–Crippen LogP) is 10.7. The topological polar surface area (TPSA) is 6.25 Å². The lowest BCUT2D eigenvalue weighted by molar-refractivity contribution is -0.568. The van der Waals surface area contributed by atoms with Gasteiger partial charge in [-0.2, -0.15) is 0 Å². The molecular weight excluding hydrogens is 532 g/mol. The minimum atomic E-state index is 0.230. The molecule has 2 heterocycles. The van der Waals surface area contributed by atoms with Gasteiger partial charge < -0.3 is 4.90 Å². The Labute approximate surface area is 264 Å². The third-order valence-corrected chi connectivity index (χ3v) is 12.9. The molecule has 0 aromatic heterocycles. The zero-order valence-electron chi connectivity index (χ0n) is 28.4. The summed E-state index contributed by atoms with van der Waals surface area (Å²) in [5.74, 6) is 3.24. The Kier molecular flexibility index (Phi) is 9.93. The van der Waals surface area contributed by atoms with Gasteiger partial charge in [0.1, 0.15) is 6.54 Å². The summed E-state index contributed by atoms with van der Waals surface area (Å²) in [5, 5.41) is 1.01. The van der Waals surface area contributed by atoms with Gasteiger partial charge in [0.15, 0.2) is 11.8 Å². The molecule has 5 rings (SSSR count). The van der Waals surface area contributed by atoms with Crippen molar-refractivity contribution in [1.29, 1.82) is 0 Å². The second-order valence-electron chi connectivity index (χ2n) is 16.0. The highest BCUT2D eigenvalue weighted by atomic mass is 35.5.